The SMILES string of the molecule is Cc1ccc(C(CN2CC(=O)CC2=O)N(C)C)cc1. The molecule has 1 aromatic rings. The predicted molar refractivity (Wildman–Crippen MR) is 73.8 cm³/mol. The summed E-state index contributed by atoms with van der Waals surface area (Å²) < 4.78 is 0. The van der Waals surface area contributed by atoms with Crippen LogP contribution >= 0.6 is 0 Å². The lowest BCUT2D eigenvalue weighted by atomic mass is 10.0. The van der Waals surface area contributed by atoms with Crippen LogP contribution in [-0.4, -0.2) is 48.7 Å². The first-order valence-corrected chi connectivity index (χ1v) is 6.50. The standard InChI is InChI=1S/C15H20N2O2/c1-11-4-6-12(7-5-11)14(16(2)3)10-17-9-13(18)8-15(17)19/h4-7,14H,8-10H2,1-3H3. The average Bonchev–Trinajstić information content (AvgIpc) is 2.66. The second-order valence-corrected chi connectivity index (χ2v) is 5.38. The number of benzene rings is 1. The quantitative estimate of drug-likeness (QED) is 0.768. The van der Waals surface area contributed by atoms with Gasteiger partial charge < -0.3 is 9.80 Å². The zero-order valence-corrected chi connectivity index (χ0v) is 11.7. The van der Waals surface area contributed by atoms with Gasteiger partial charge in [0, 0.05) is 6.54 Å². The van der Waals surface area contributed by atoms with Gasteiger partial charge in [-0.05, 0) is 26.6 Å². The highest BCUT2D eigenvalue weighted by Gasteiger charge is 2.30. The molecule has 1 amide bonds. The molecule has 1 fully saturated rings. The van der Waals surface area contributed by atoms with Crippen molar-refractivity contribution in [3.63, 3.8) is 0 Å². The number of carbonyl (C=O) groups is 2. The molecule has 2 rings (SSSR count). The minimum atomic E-state index is -0.0519. The fraction of sp³-hybridized carbons (Fsp3) is 0.467. The molecule has 0 aromatic heterocycles. The molecule has 0 aliphatic carbocycles. The lowest BCUT2D eigenvalue weighted by Gasteiger charge is -2.29. The summed E-state index contributed by atoms with van der Waals surface area (Å²) >= 11 is 0. The van der Waals surface area contributed by atoms with E-state index in [-0.39, 0.29) is 30.7 Å². The Kier molecular flexibility index (Phi) is 4.00. The van der Waals surface area contributed by atoms with Gasteiger partial charge in [-0.3, -0.25) is 9.59 Å². The van der Waals surface area contributed by atoms with Gasteiger partial charge in [0.1, 0.15) is 0 Å². The number of nitrogens with zero attached hydrogens (tertiary/aromatic N) is 2. The first kappa shape index (κ1) is 13.7. The van der Waals surface area contributed by atoms with Crippen molar-refractivity contribution in [3.05, 3.63) is 35.4 Å². The lowest BCUT2D eigenvalue weighted by Crippen LogP contribution is -2.35. The second-order valence-electron chi connectivity index (χ2n) is 5.38. The smallest absolute Gasteiger partial charge is 0.230 e. The Hall–Kier alpha value is -1.68. The third kappa shape index (κ3) is 3.20. The maximum Gasteiger partial charge on any atom is 0.230 e. The molecule has 0 saturated carbocycles. The van der Waals surface area contributed by atoms with Crippen LogP contribution in [0.4, 0.5) is 0 Å². The van der Waals surface area contributed by atoms with E-state index in [1.165, 1.54) is 11.1 Å². The number of carbonyl (C=O) groups excluding carboxylic acids is 2. The van der Waals surface area contributed by atoms with Gasteiger partial charge in [-0.15, -0.1) is 0 Å². The van der Waals surface area contributed by atoms with Crippen LogP contribution < -0.4 is 0 Å². The van der Waals surface area contributed by atoms with E-state index >= 15 is 0 Å². The van der Waals surface area contributed by atoms with Crippen molar-refractivity contribution < 1.29 is 9.59 Å². The fourth-order valence-corrected chi connectivity index (χ4v) is 2.37. The number of likely N-dealkylation sites (tertiary alicyclic amines) is 1. The van der Waals surface area contributed by atoms with Crippen molar-refractivity contribution in [2.24, 2.45) is 0 Å². The number of hydrogen-bond donors (Lipinski definition) is 0. The van der Waals surface area contributed by atoms with E-state index < -0.39 is 0 Å². The summed E-state index contributed by atoms with van der Waals surface area (Å²) in [4.78, 5) is 26.8. The van der Waals surface area contributed by atoms with Crippen LogP contribution in [0, 0.1) is 6.92 Å². The first-order valence-electron chi connectivity index (χ1n) is 6.50. The van der Waals surface area contributed by atoms with Crippen LogP contribution in [0.2, 0.25) is 0 Å². The Morgan fingerprint density at radius 1 is 1.21 bits per heavy atom. The van der Waals surface area contributed by atoms with Crippen molar-refractivity contribution in [3.8, 4) is 0 Å². The molecule has 1 unspecified atom stereocenters. The van der Waals surface area contributed by atoms with Gasteiger partial charge >= 0.3 is 0 Å². The Bertz CT molecular complexity index is 479. The molecule has 1 aromatic carbocycles. The summed E-state index contributed by atoms with van der Waals surface area (Å²) in [6.07, 6.45) is 0.0635. The van der Waals surface area contributed by atoms with E-state index in [2.05, 4.69) is 36.1 Å². The molecule has 1 aliphatic heterocycles. The number of Topliss-reactive ketones (excluding diaryl/α,β-unsaturated/α-hetero) is 1. The first-order chi connectivity index (χ1) is 8.97. The molecule has 1 aliphatic rings. The van der Waals surface area contributed by atoms with Crippen molar-refractivity contribution >= 4 is 11.7 Å². The van der Waals surface area contributed by atoms with Crippen LogP contribution in [0.1, 0.15) is 23.6 Å². The van der Waals surface area contributed by atoms with Gasteiger partial charge in [0.05, 0.1) is 19.0 Å². The van der Waals surface area contributed by atoms with Gasteiger partial charge in [0.15, 0.2) is 5.78 Å². The highest BCUT2D eigenvalue weighted by Crippen LogP contribution is 2.22. The summed E-state index contributed by atoms with van der Waals surface area (Å²) in [5.74, 6) is -0.0321. The maximum absolute atomic E-state index is 11.7. The van der Waals surface area contributed by atoms with Gasteiger partial charge in [0.25, 0.3) is 0 Å². The van der Waals surface area contributed by atoms with Crippen molar-refractivity contribution in [1.82, 2.24) is 9.80 Å². The van der Waals surface area contributed by atoms with E-state index in [9.17, 15) is 9.59 Å². The molecule has 1 heterocycles. The molecule has 1 saturated heterocycles. The van der Waals surface area contributed by atoms with Crippen LogP contribution in [-0.2, 0) is 9.59 Å². The molecule has 102 valence electrons. The number of rotatable bonds is 4. The van der Waals surface area contributed by atoms with Crippen LogP contribution in [0.15, 0.2) is 24.3 Å². The highest BCUT2D eigenvalue weighted by molar-refractivity contribution is 6.05. The van der Waals surface area contributed by atoms with Crippen molar-refractivity contribution in [2.45, 2.75) is 19.4 Å². The molecule has 4 heteroatoms. The van der Waals surface area contributed by atoms with Gasteiger partial charge in [-0.2, -0.15) is 0 Å². The largest absolute Gasteiger partial charge is 0.333 e. The van der Waals surface area contributed by atoms with E-state index in [0.29, 0.717) is 6.54 Å². The maximum atomic E-state index is 11.7. The number of aryl methyl sites for hydroxylation is 1. The molecule has 0 bridgehead atoms. The van der Waals surface area contributed by atoms with E-state index in [1.807, 2.05) is 14.1 Å². The van der Waals surface area contributed by atoms with Crippen LogP contribution in [0.5, 0.6) is 0 Å². The van der Waals surface area contributed by atoms with Gasteiger partial charge in [0.2, 0.25) is 5.91 Å². The summed E-state index contributed by atoms with van der Waals surface area (Å²) in [5.41, 5.74) is 2.39. The zero-order chi connectivity index (χ0) is 14.0. The second kappa shape index (κ2) is 5.53. The summed E-state index contributed by atoms with van der Waals surface area (Å²) in [5, 5.41) is 0. The molecule has 0 radical (unpaired) electrons. The number of likely N-dealkylation sites (N-methyl/N-ethyl adjacent to an activating group) is 1. The zero-order valence-electron chi connectivity index (χ0n) is 11.7. The van der Waals surface area contributed by atoms with Gasteiger partial charge in [-0.1, -0.05) is 29.8 Å². The van der Waals surface area contributed by atoms with Crippen LogP contribution in [0.25, 0.3) is 0 Å². The minimum absolute atomic E-state index is 0.0198. The summed E-state index contributed by atoms with van der Waals surface area (Å²) in [6.45, 7) is 2.88. The number of ketones is 1. The van der Waals surface area contributed by atoms with Crippen LogP contribution in [0.3, 0.4) is 0 Å². The Labute approximate surface area is 114 Å². The molecule has 4 nitrogen and oxygen atoms in total. The highest BCUT2D eigenvalue weighted by atomic mass is 16.2. The average molecular weight is 260 g/mol. The van der Waals surface area contributed by atoms with Gasteiger partial charge in [-0.25, -0.2) is 0 Å². The number of hydrogen-bond acceptors (Lipinski definition) is 3. The lowest BCUT2D eigenvalue weighted by molar-refractivity contribution is -0.128. The Morgan fingerprint density at radius 3 is 2.32 bits per heavy atom. The summed E-state index contributed by atoms with van der Waals surface area (Å²) in [6, 6.07) is 8.44. The molecule has 0 N–H and O–H groups in total. The van der Waals surface area contributed by atoms with E-state index in [4.69, 9.17) is 0 Å². The van der Waals surface area contributed by atoms with E-state index in [0.717, 1.165) is 0 Å². The minimum Gasteiger partial charge on any atom is -0.333 e. The third-order valence-corrected chi connectivity index (χ3v) is 3.55. The Morgan fingerprint density at radius 2 is 1.84 bits per heavy atom. The monoisotopic (exact) mass is 260 g/mol. The predicted octanol–water partition coefficient (Wildman–Crippen LogP) is 1.40. The molecule has 19 heavy (non-hydrogen) atoms. The Balaban J connectivity index is 2.15. The third-order valence-electron chi connectivity index (χ3n) is 3.55. The van der Waals surface area contributed by atoms with Crippen molar-refractivity contribution in [2.75, 3.05) is 27.2 Å². The molecule has 0 spiro atoms. The summed E-state index contributed by atoms with van der Waals surface area (Å²) in [7, 11) is 3.99. The molecule has 1 atom stereocenters. The fourth-order valence-electron chi connectivity index (χ4n) is 2.37. The topological polar surface area (TPSA) is 40.6 Å². The normalized spacial score (nSPS) is 17.4. The molecular weight excluding hydrogens is 240 g/mol. The number of amides is 1. The van der Waals surface area contributed by atoms with Crippen molar-refractivity contribution in [1.29, 1.82) is 0 Å². The molecular formula is C15H20N2O2. The van der Waals surface area contributed by atoms with E-state index in [1.54, 1.807) is 4.90 Å².